The van der Waals surface area contributed by atoms with Gasteiger partial charge in [-0.15, -0.1) is 0 Å². The summed E-state index contributed by atoms with van der Waals surface area (Å²) in [6, 6.07) is 13.3. The monoisotopic (exact) mass is 428 g/mol. The molecular weight excluding hydrogens is 400 g/mol. The number of oxime groups is 1. The number of ether oxygens (including phenoxy) is 4. The summed E-state index contributed by atoms with van der Waals surface area (Å²) in [5.41, 5.74) is 2.65. The number of nitrogens with zero attached hydrogens (tertiary/aromatic N) is 2. The van der Waals surface area contributed by atoms with Crippen molar-refractivity contribution in [3.05, 3.63) is 53.6 Å². The van der Waals surface area contributed by atoms with Crippen LogP contribution in [0.2, 0.25) is 0 Å². The minimum Gasteiger partial charge on any atom is -0.497 e. The van der Waals surface area contributed by atoms with Gasteiger partial charge >= 0.3 is 0 Å². The third kappa shape index (κ3) is 5.67. The molecule has 2 aromatic carbocycles. The van der Waals surface area contributed by atoms with Gasteiger partial charge in [0.1, 0.15) is 12.4 Å². The number of amides is 1. The molecule has 166 valence electrons. The van der Waals surface area contributed by atoms with Crippen LogP contribution in [0.1, 0.15) is 17.5 Å². The summed E-state index contributed by atoms with van der Waals surface area (Å²) < 4.78 is 21.0. The van der Waals surface area contributed by atoms with E-state index in [4.69, 9.17) is 23.8 Å². The first kappa shape index (κ1) is 22.4. The van der Waals surface area contributed by atoms with Crippen LogP contribution in [-0.4, -0.2) is 64.2 Å². The molecule has 8 heteroatoms. The van der Waals surface area contributed by atoms with Gasteiger partial charge in [0.05, 0.1) is 33.6 Å². The van der Waals surface area contributed by atoms with Crippen molar-refractivity contribution in [1.29, 1.82) is 0 Å². The van der Waals surface area contributed by atoms with Crippen LogP contribution in [0, 0.1) is 0 Å². The van der Waals surface area contributed by atoms with E-state index in [9.17, 15) is 4.79 Å². The first-order valence-corrected chi connectivity index (χ1v) is 9.92. The highest BCUT2D eigenvalue weighted by Crippen LogP contribution is 2.29. The molecule has 3 rings (SSSR count). The lowest BCUT2D eigenvalue weighted by Gasteiger charge is -2.25. The normalized spacial score (nSPS) is 15.1. The van der Waals surface area contributed by atoms with Gasteiger partial charge in [0.25, 0.3) is 0 Å². The summed E-state index contributed by atoms with van der Waals surface area (Å²) in [5.74, 6) is 1.90. The summed E-state index contributed by atoms with van der Waals surface area (Å²) in [6.07, 6.45) is 0.319. The zero-order valence-electron chi connectivity index (χ0n) is 18.3. The van der Waals surface area contributed by atoms with E-state index in [2.05, 4.69) is 5.16 Å². The minimum atomic E-state index is -0.255. The highest BCUT2D eigenvalue weighted by Gasteiger charge is 2.27. The molecule has 1 aliphatic heterocycles. The number of rotatable bonds is 10. The third-order valence-corrected chi connectivity index (χ3v) is 5.00. The molecular formula is C23H28N2O6. The van der Waals surface area contributed by atoms with Crippen LogP contribution in [0.3, 0.4) is 0 Å². The van der Waals surface area contributed by atoms with Gasteiger partial charge < -0.3 is 28.7 Å². The Balaban J connectivity index is 1.69. The molecule has 0 saturated carbocycles. The van der Waals surface area contributed by atoms with Crippen molar-refractivity contribution in [3.8, 4) is 17.2 Å². The maximum absolute atomic E-state index is 12.6. The van der Waals surface area contributed by atoms with Gasteiger partial charge in [-0.05, 0) is 35.9 Å². The van der Waals surface area contributed by atoms with Gasteiger partial charge in [-0.25, -0.2) is 0 Å². The van der Waals surface area contributed by atoms with Gasteiger partial charge in [0.15, 0.2) is 17.6 Å². The Labute approximate surface area is 182 Å². The fraction of sp³-hybridized carbons (Fsp3) is 0.391. The Morgan fingerprint density at radius 3 is 2.58 bits per heavy atom. The Kier molecular flexibility index (Phi) is 7.72. The van der Waals surface area contributed by atoms with Crippen LogP contribution in [0.15, 0.2) is 47.6 Å². The number of hydrogen-bond acceptors (Lipinski definition) is 7. The van der Waals surface area contributed by atoms with E-state index in [1.807, 2.05) is 42.5 Å². The first-order valence-electron chi connectivity index (χ1n) is 9.92. The molecule has 0 aliphatic carbocycles. The second-order valence-corrected chi connectivity index (χ2v) is 7.10. The summed E-state index contributed by atoms with van der Waals surface area (Å²) in [4.78, 5) is 20.0. The van der Waals surface area contributed by atoms with E-state index in [0.717, 1.165) is 22.6 Å². The maximum Gasteiger partial charge on any atom is 0.248 e. The van der Waals surface area contributed by atoms with Crippen LogP contribution in [-0.2, 0) is 20.9 Å². The van der Waals surface area contributed by atoms with E-state index < -0.39 is 0 Å². The molecule has 0 saturated heterocycles. The highest BCUT2D eigenvalue weighted by atomic mass is 16.6. The fourth-order valence-electron chi connectivity index (χ4n) is 3.42. The van der Waals surface area contributed by atoms with Crippen LogP contribution in [0.5, 0.6) is 17.2 Å². The third-order valence-electron chi connectivity index (χ3n) is 5.00. The smallest absolute Gasteiger partial charge is 0.248 e. The standard InChI is InChI=1S/C23H28N2O6/c1-27-15-23(26)25(13-16-6-5-7-18(10-16)28-2)14-19-12-20(24-31-19)17-8-9-21(29-3)22(11-17)30-4/h5-11,19H,12-15H2,1-4H3/t19-/m0/s1. The predicted octanol–water partition coefficient (Wildman–Crippen LogP) is 2.88. The van der Waals surface area contributed by atoms with Crippen molar-refractivity contribution in [2.75, 3.05) is 41.6 Å². The summed E-state index contributed by atoms with van der Waals surface area (Å²) in [5, 5.41) is 4.24. The zero-order chi connectivity index (χ0) is 22.2. The zero-order valence-corrected chi connectivity index (χ0v) is 18.3. The predicted molar refractivity (Wildman–Crippen MR) is 116 cm³/mol. The number of methoxy groups -OCH3 is 4. The van der Waals surface area contributed by atoms with Crippen LogP contribution in [0.4, 0.5) is 0 Å². The van der Waals surface area contributed by atoms with E-state index >= 15 is 0 Å². The maximum atomic E-state index is 12.6. The average molecular weight is 428 g/mol. The topological polar surface area (TPSA) is 78.8 Å². The number of benzene rings is 2. The van der Waals surface area contributed by atoms with Crippen molar-refractivity contribution in [3.63, 3.8) is 0 Å². The fourth-order valence-corrected chi connectivity index (χ4v) is 3.42. The number of carbonyl (C=O) groups is 1. The molecule has 0 fully saturated rings. The quantitative estimate of drug-likeness (QED) is 0.579. The van der Waals surface area contributed by atoms with Crippen molar-refractivity contribution in [2.24, 2.45) is 5.16 Å². The molecule has 0 radical (unpaired) electrons. The highest BCUT2D eigenvalue weighted by molar-refractivity contribution is 6.01. The lowest BCUT2D eigenvalue weighted by molar-refractivity contribution is -0.137. The lowest BCUT2D eigenvalue weighted by atomic mass is 10.0. The SMILES string of the molecule is COCC(=O)N(Cc1cccc(OC)c1)C[C@@H]1CC(c2ccc(OC)c(OC)c2)=NO1. The van der Waals surface area contributed by atoms with Crippen molar-refractivity contribution in [1.82, 2.24) is 4.90 Å². The van der Waals surface area contributed by atoms with Gasteiger partial charge in [-0.2, -0.15) is 0 Å². The summed E-state index contributed by atoms with van der Waals surface area (Å²) >= 11 is 0. The summed E-state index contributed by atoms with van der Waals surface area (Å²) in [6.45, 7) is 0.810. The van der Waals surface area contributed by atoms with Crippen molar-refractivity contribution in [2.45, 2.75) is 19.1 Å². The molecule has 1 atom stereocenters. The van der Waals surface area contributed by atoms with Crippen LogP contribution in [0.25, 0.3) is 0 Å². The van der Waals surface area contributed by atoms with E-state index in [1.165, 1.54) is 7.11 Å². The number of hydrogen-bond donors (Lipinski definition) is 0. The molecule has 0 spiro atoms. The lowest BCUT2D eigenvalue weighted by Crippen LogP contribution is -2.39. The Morgan fingerprint density at radius 2 is 1.87 bits per heavy atom. The largest absolute Gasteiger partial charge is 0.497 e. The molecule has 0 N–H and O–H groups in total. The molecule has 8 nitrogen and oxygen atoms in total. The van der Waals surface area contributed by atoms with Gasteiger partial charge in [0, 0.05) is 25.6 Å². The first-order chi connectivity index (χ1) is 15.1. The van der Waals surface area contributed by atoms with E-state index in [1.54, 1.807) is 26.2 Å². The van der Waals surface area contributed by atoms with Crippen molar-refractivity contribution < 1.29 is 28.6 Å². The molecule has 0 aromatic heterocycles. The van der Waals surface area contributed by atoms with Gasteiger partial charge in [-0.1, -0.05) is 17.3 Å². The molecule has 2 aromatic rings. The molecule has 1 heterocycles. The van der Waals surface area contributed by atoms with E-state index in [0.29, 0.717) is 31.0 Å². The van der Waals surface area contributed by atoms with Crippen molar-refractivity contribution >= 4 is 11.6 Å². The minimum absolute atomic E-state index is 0.0000809. The average Bonchev–Trinajstić information content (AvgIpc) is 3.27. The Hall–Kier alpha value is -3.26. The van der Waals surface area contributed by atoms with Gasteiger partial charge in [-0.3, -0.25) is 4.79 Å². The molecule has 1 amide bonds. The summed E-state index contributed by atoms with van der Waals surface area (Å²) in [7, 11) is 6.31. The second-order valence-electron chi connectivity index (χ2n) is 7.10. The number of carbonyl (C=O) groups excluding carboxylic acids is 1. The van der Waals surface area contributed by atoms with Crippen LogP contribution < -0.4 is 14.2 Å². The molecule has 0 unspecified atom stereocenters. The Bertz CT molecular complexity index is 930. The van der Waals surface area contributed by atoms with E-state index in [-0.39, 0.29) is 18.6 Å². The second kappa shape index (κ2) is 10.7. The van der Waals surface area contributed by atoms with Gasteiger partial charge in [0.2, 0.25) is 5.91 Å². The Morgan fingerprint density at radius 1 is 1.06 bits per heavy atom. The molecule has 31 heavy (non-hydrogen) atoms. The van der Waals surface area contributed by atoms with Crippen LogP contribution >= 0.6 is 0 Å². The molecule has 0 bridgehead atoms. The molecule has 1 aliphatic rings.